The van der Waals surface area contributed by atoms with E-state index in [1.807, 2.05) is 0 Å². The lowest BCUT2D eigenvalue weighted by molar-refractivity contribution is 0.101. The van der Waals surface area contributed by atoms with Crippen LogP contribution in [0.5, 0.6) is 5.75 Å². The van der Waals surface area contributed by atoms with E-state index in [1.54, 1.807) is 0 Å². The topological polar surface area (TPSA) is 60.4 Å². The molecule has 6 heteroatoms. The smallest absolute Gasteiger partial charge is 0.162 e. The zero-order valence-corrected chi connectivity index (χ0v) is 10.4. The van der Waals surface area contributed by atoms with E-state index in [9.17, 15) is 17.6 Å². The second-order valence-electron chi connectivity index (χ2n) is 3.68. The Hall–Kier alpha value is -1.43. The third-order valence-electron chi connectivity index (χ3n) is 2.04. The van der Waals surface area contributed by atoms with E-state index < -0.39 is 15.7 Å². The molecule has 94 valence electrons. The van der Waals surface area contributed by atoms with Crippen LogP contribution in [0.25, 0.3) is 0 Å². The number of sulfone groups is 1. The lowest BCUT2D eigenvalue weighted by Crippen LogP contribution is -2.12. The lowest BCUT2D eigenvalue weighted by atomic mass is 10.1. The summed E-state index contributed by atoms with van der Waals surface area (Å²) in [6, 6.07) is 3.81. The molecule has 0 saturated carbocycles. The van der Waals surface area contributed by atoms with Crippen molar-refractivity contribution in [3.63, 3.8) is 0 Å². The Morgan fingerprint density at radius 3 is 2.53 bits per heavy atom. The van der Waals surface area contributed by atoms with Crippen LogP contribution in [0.2, 0.25) is 0 Å². The molecule has 0 bridgehead atoms. The maximum absolute atomic E-state index is 13.3. The molecule has 0 fully saturated rings. The molecule has 0 amide bonds. The van der Waals surface area contributed by atoms with Gasteiger partial charge in [-0.2, -0.15) is 0 Å². The summed E-state index contributed by atoms with van der Waals surface area (Å²) in [5, 5.41) is 0. The summed E-state index contributed by atoms with van der Waals surface area (Å²) in [6.45, 7) is 1.22. The first kappa shape index (κ1) is 13.6. The van der Waals surface area contributed by atoms with Crippen molar-refractivity contribution in [3.05, 3.63) is 29.6 Å². The number of hydrogen-bond donors (Lipinski definition) is 0. The molecule has 4 nitrogen and oxygen atoms in total. The molecule has 0 aliphatic carbocycles. The molecule has 0 heterocycles. The SMILES string of the molecule is CC(=O)c1ccc(OCCS(C)(=O)=O)cc1F. The summed E-state index contributed by atoms with van der Waals surface area (Å²) < 4.78 is 40.1. The van der Waals surface area contributed by atoms with Crippen LogP contribution in [0.3, 0.4) is 0 Å². The number of ketones is 1. The fourth-order valence-electron chi connectivity index (χ4n) is 1.18. The Kier molecular flexibility index (Phi) is 4.22. The molecule has 0 aliphatic rings. The fourth-order valence-corrected chi connectivity index (χ4v) is 1.57. The summed E-state index contributed by atoms with van der Waals surface area (Å²) >= 11 is 0. The molecule has 0 N–H and O–H groups in total. The largest absolute Gasteiger partial charge is 0.492 e. The van der Waals surface area contributed by atoms with E-state index in [0.29, 0.717) is 0 Å². The molecule has 1 aromatic carbocycles. The molecule has 1 aromatic rings. The zero-order valence-electron chi connectivity index (χ0n) is 9.57. The van der Waals surface area contributed by atoms with Crippen molar-refractivity contribution in [2.45, 2.75) is 6.92 Å². The maximum Gasteiger partial charge on any atom is 0.162 e. The first-order valence-corrected chi connectivity index (χ1v) is 6.96. The van der Waals surface area contributed by atoms with Gasteiger partial charge in [-0.15, -0.1) is 0 Å². The van der Waals surface area contributed by atoms with Crippen molar-refractivity contribution < 1.29 is 22.3 Å². The summed E-state index contributed by atoms with van der Waals surface area (Å²) in [7, 11) is -3.10. The van der Waals surface area contributed by atoms with Crippen LogP contribution in [0.4, 0.5) is 4.39 Å². The van der Waals surface area contributed by atoms with Gasteiger partial charge in [-0.05, 0) is 19.1 Å². The van der Waals surface area contributed by atoms with Crippen LogP contribution in [0.15, 0.2) is 18.2 Å². The van der Waals surface area contributed by atoms with Gasteiger partial charge in [-0.25, -0.2) is 12.8 Å². The van der Waals surface area contributed by atoms with E-state index in [2.05, 4.69) is 0 Å². The molecule has 1 rings (SSSR count). The fraction of sp³-hybridized carbons (Fsp3) is 0.364. The minimum atomic E-state index is -3.10. The Morgan fingerprint density at radius 2 is 2.06 bits per heavy atom. The Balaban J connectivity index is 2.68. The van der Waals surface area contributed by atoms with Gasteiger partial charge in [0.25, 0.3) is 0 Å². The normalized spacial score (nSPS) is 11.2. The third-order valence-corrected chi connectivity index (χ3v) is 2.95. The molecular weight excluding hydrogens is 247 g/mol. The van der Waals surface area contributed by atoms with Crippen LogP contribution in [0, 0.1) is 5.82 Å². The average molecular weight is 260 g/mol. The standard InChI is InChI=1S/C11H13FO4S/c1-8(13)10-4-3-9(7-11(10)12)16-5-6-17(2,14)15/h3-4,7H,5-6H2,1-2H3. The summed E-state index contributed by atoms with van der Waals surface area (Å²) in [5.41, 5.74) is -0.0135. The molecule has 0 unspecified atom stereocenters. The second kappa shape index (κ2) is 5.27. The quantitative estimate of drug-likeness (QED) is 0.752. The van der Waals surface area contributed by atoms with E-state index in [4.69, 9.17) is 4.74 Å². The molecule has 0 radical (unpaired) electrons. The number of carbonyl (C=O) groups excluding carboxylic acids is 1. The first-order valence-electron chi connectivity index (χ1n) is 4.90. The highest BCUT2D eigenvalue weighted by Crippen LogP contribution is 2.17. The minimum Gasteiger partial charge on any atom is -0.492 e. The maximum atomic E-state index is 13.3. The number of carbonyl (C=O) groups is 1. The third kappa shape index (κ3) is 4.52. The number of ether oxygens (including phenoxy) is 1. The van der Waals surface area contributed by atoms with E-state index in [0.717, 1.165) is 12.3 Å². The summed E-state index contributed by atoms with van der Waals surface area (Å²) in [6.07, 6.45) is 1.09. The Morgan fingerprint density at radius 1 is 1.41 bits per heavy atom. The predicted molar refractivity (Wildman–Crippen MR) is 61.6 cm³/mol. The van der Waals surface area contributed by atoms with Crippen molar-refractivity contribution >= 4 is 15.6 Å². The highest BCUT2D eigenvalue weighted by molar-refractivity contribution is 7.90. The van der Waals surface area contributed by atoms with Gasteiger partial charge in [0.15, 0.2) is 15.6 Å². The number of Topliss-reactive ketones (excluding diaryl/α,β-unsaturated/α-hetero) is 1. The highest BCUT2D eigenvalue weighted by atomic mass is 32.2. The van der Waals surface area contributed by atoms with Crippen LogP contribution in [-0.4, -0.2) is 32.8 Å². The van der Waals surface area contributed by atoms with E-state index in [1.165, 1.54) is 19.1 Å². The van der Waals surface area contributed by atoms with Crippen LogP contribution in [0.1, 0.15) is 17.3 Å². The minimum absolute atomic E-state index is 0.0135. The molecule has 17 heavy (non-hydrogen) atoms. The van der Waals surface area contributed by atoms with Crippen LogP contribution >= 0.6 is 0 Å². The monoisotopic (exact) mass is 260 g/mol. The first-order chi connectivity index (χ1) is 7.79. The van der Waals surface area contributed by atoms with Gasteiger partial charge < -0.3 is 4.74 Å². The molecule has 0 spiro atoms. The summed E-state index contributed by atoms with van der Waals surface area (Å²) in [5.74, 6) is -0.973. The Bertz CT molecular complexity index is 522. The molecular formula is C11H13FO4S. The highest BCUT2D eigenvalue weighted by Gasteiger charge is 2.09. The van der Waals surface area contributed by atoms with Gasteiger partial charge in [-0.1, -0.05) is 0 Å². The van der Waals surface area contributed by atoms with Crippen molar-refractivity contribution in [1.29, 1.82) is 0 Å². The van der Waals surface area contributed by atoms with E-state index in [-0.39, 0.29) is 29.5 Å². The van der Waals surface area contributed by atoms with Crippen LogP contribution in [-0.2, 0) is 9.84 Å². The summed E-state index contributed by atoms with van der Waals surface area (Å²) in [4.78, 5) is 11.0. The van der Waals surface area contributed by atoms with Crippen molar-refractivity contribution in [3.8, 4) is 5.75 Å². The zero-order chi connectivity index (χ0) is 13.1. The van der Waals surface area contributed by atoms with E-state index >= 15 is 0 Å². The van der Waals surface area contributed by atoms with Gasteiger partial charge in [-0.3, -0.25) is 4.79 Å². The number of halogens is 1. The molecule has 0 aliphatic heterocycles. The van der Waals surface area contributed by atoms with Crippen molar-refractivity contribution in [2.75, 3.05) is 18.6 Å². The average Bonchev–Trinajstić information content (AvgIpc) is 2.15. The van der Waals surface area contributed by atoms with Gasteiger partial charge >= 0.3 is 0 Å². The Labute approximate surface area is 99.3 Å². The van der Waals surface area contributed by atoms with Gasteiger partial charge in [0.1, 0.15) is 18.2 Å². The lowest BCUT2D eigenvalue weighted by Gasteiger charge is -2.06. The molecule has 0 saturated heterocycles. The van der Waals surface area contributed by atoms with Gasteiger partial charge in [0.2, 0.25) is 0 Å². The van der Waals surface area contributed by atoms with Gasteiger partial charge in [0.05, 0.1) is 11.3 Å². The molecule has 0 atom stereocenters. The van der Waals surface area contributed by atoms with Crippen molar-refractivity contribution in [2.24, 2.45) is 0 Å². The van der Waals surface area contributed by atoms with Crippen molar-refractivity contribution in [1.82, 2.24) is 0 Å². The number of benzene rings is 1. The number of rotatable bonds is 5. The second-order valence-corrected chi connectivity index (χ2v) is 5.94. The predicted octanol–water partition coefficient (Wildman–Crippen LogP) is 1.45. The van der Waals surface area contributed by atoms with Crippen LogP contribution < -0.4 is 4.74 Å². The molecule has 0 aromatic heterocycles. The number of hydrogen-bond acceptors (Lipinski definition) is 4. The van der Waals surface area contributed by atoms with Gasteiger partial charge in [0, 0.05) is 12.3 Å².